The van der Waals surface area contributed by atoms with Crippen molar-refractivity contribution in [3.63, 3.8) is 0 Å². The average molecular weight is 1050 g/mol. The van der Waals surface area contributed by atoms with Gasteiger partial charge in [-0.25, -0.2) is 0 Å². The van der Waals surface area contributed by atoms with Crippen LogP contribution < -0.4 is 5.32 Å². The number of amides is 1. The second-order valence-corrected chi connectivity index (χ2v) is 23.1. The minimum absolute atomic E-state index is 0.00645. The zero-order valence-corrected chi connectivity index (χ0v) is 50.5. The van der Waals surface area contributed by atoms with Gasteiger partial charge in [0, 0.05) is 12.8 Å². The first-order valence-corrected chi connectivity index (χ1v) is 33.8. The molecule has 0 rings (SSSR count). The van der Waals surface area contributed by atoms with Crippen molar-refractivity contribution in [1.82, 2.24) is 5.32 Å². The van der Waals surface area contributed by atoms with Crippen LogP contribution in [0.1, 0.15) is 367 Å². The van der Waals surface area contributed by atoms with Crippen molar-refractivity contribution in [1.29, 1.82) is 0 Å². The topological polar surface area (TPSA) is 95.9 Å². The Balaban J connectivity index is 3.44. The smallest absolute Gasteiger partial charge is 0.305 e. The number of carbonyl (C=O) groups is 2. The molecule has 0 saturated heterocycles. The maximum Gasteiger partial charge on any atom is 0.305 e. The van der Waals surface area contributed by atoms with Crippen LogP contribution in [-0.2, 0) is 14.3 Å². The van der Waals surface area contributed by atoms with E-state index in [1.54, 1.807) is 6.08 Å². The van der Waals surface area contributed by atoms with Gasteiger partial charge in [0.25, 0.3) is 0 Å². The predicted molar refractivity (Wildman–Crippen MR) is 329 cm³/mol. The molecular formula is C69H131NO5. The summed E-state index contributed by atoms with van der Waals surface area (Å²) >= 11 is 0. The second kappa shape index (κ2) is 64.6. The van der Waals surface area contributed by atoms with Crippen LogP contribution in [0.4, 0.5) is 0 Å². The molecule has 0 fully saturated rings. The summed E-state index contributed by atoms with van der Waals surface area (Å²) < 4.78 is 5.49. The Hall–Kier alpha value is -1.92. The van der Waals surface area contributed by atoms with Crippen molar-refractivity contribution < 1.29 is 24.5 Å². The molecule has 6 heteroatoms. The molecule has 0 aliphatic carbocycles. The molecule has 2 unspecified atom stereocenters. The van der Waals surface area contributed by atoms with Crippen LogP contribution in [0, 0.1) is 0 Å². The molecule has 2 atom stereocenters. The lowest BCUT2D eigenvalue weighted by Crippen LogP contribution is -2.45. The number of esters is 1. The molecule has 6 nitrogen and oxygen atoms in total. The Labute approximate surface area is 468 Å². The van der Waals surface area contributed by atoms with Crippen LogP contribution in [0.15, 0.2) is 36.5 Å². The molecule has 1 amide bonds. The molecule has 0 aliphatic heterocycles. The molecule has 0 aromatic carbocycles. The van der Waals surface area contributed by atoms with Gasteiger partial charge < -0.3 is 20.3 Å². The molecule has 0 radical (unpaired) electrons. The van der Waals surface area contributed by atoms with E-state index in [1.807, 2.05) is 6.08 Å². The molecule has 75 heavy (non-hydrogen) atoms. The zero-order valence-electron chi connectivity index (χ0n) is 50.5. The highest BCUT2D eigenvalue weighted by Gasteiger charge is 2.18. The number of nitrogens with one attached hydrogen (secondary N) is 1. The monoisotopic (exact) mass is 1050 g/mol. The van der Waals surface area contributed by atoms with Crippen LogP contribution in [0.25, 0.3) is 0 Å². The number of aliphatic hydroxyl groups is 2. The fraction of sp³-hybridized carbons (Fsp3) is 0.884. The number of allylic oxidation sites excluding steroid dienone is 5. The lowest BCUT2D eigenvalue weighted by Gasteiger charge is -2.20. The summed E-state index contributed by atoms with van der Waals surface area (Å²) in [4.78, 5) is 24.6. The summed E-state index contributed by atoms with van der Waals surface area (Å²) in [5, 5.41) is 23.2. The van der Waals surface area contributed by atoms with Gasteiger partial charge in [-0.05, 0) is 83.5 Å². The van der Waals surface area contributed by atoms with E-state index < -0.39 is 12.1 Å². The highest BCUT2D eigenvalue weighted by molar-refractivity contribution is 5.76. The fourth-order valence-electron chi connectivity index (χ4n) is 10.4. The van der Waals surface area contributed by atoms with Crippen molar-refractivity contribution in [3.05, 3.63) is 36.5 Å². The SMILES string of the molecule is CCCCCCCC/C=C\CCCCCCCCCC(=O)OCCCCCCCCCCCCC/C=C\CCCCCCCCCC(=O)NC(CO)C(O)/C=C/CCCCCCCCCCCCCCCCCCC. The van der Waals surface area contributed by atoms with E-state index in [0.29, 0.717) is 19.4 Å². The second-order valence-electron chi connectivity index (χ2n) is 23.1. The number of ether oxygens (including phenoxy) is 1. The first-order chi connectivity index (χ1) is 37.0. The lowest BCUT2D eigenvalue weighted by molar-refractivity contribution is -0.143. The predicted octanol–water partition coefficient (Wildman–Crippen LogP) is 21.5. The Bertz CT molecular complexity index is 1210. The number of aliphatic hydroxyl groups excluding tert-OH is 2. The highest BCUT2D eigenvalue weighted by Crippen LogP contribution is 2.18. The number of carbonyl (C=O) groups excluding carboxylic acids is 2. The molecule has 3 N–H and O–H groups in total. The maximum atomic E-state index is 12.5. The van der Waals surface area contributed by atoms with Gasteiger partial charge in [0.15, 0.2) is 0 Å². The van der Waals surface area contributed by atoms with Gasteiger partial charge in [-0.3, -0.25) is 9.59 Å². The third kappa shape index (κ3) is 61.2. The molecule has 0 spiro atoms. The molecule has 0 aliphatic rings. The summed E-state index contributed by atoms with van der Waals surface area (Å²) in [6.07, 6.45) is 82.0. The van der Waals surface area contributed by atoms with Crippen molar-refractivity contribution in [3.8, 4) is 0 Å². The van der Waals surface area contributed by atoms with Crippen LogP contribution in [0.5, 0.6) is 0 Å². The van der Waals surface area contributed by atoms with E-state index >= 15 is 0 Å². The van der Waals surface area contributed by atoms with Gasteiger partial charge in [-0.1, -0.05) is 307 Å². The Morgan fingerprint density at radius 2 is 0.627 bits per heavy atom. The number of hydrogen-bond donors (Lipinski definition) is 3. The third-order valence-electron chi connectivity index (χ3n) is 15.6. The van der Waals surface area contributed by atoms with Crippen molar-refractivity contribution in [2.24, 2.45) is 0 Å². The van der Waals surface area contributed by atoms with E-state index in [0.717, 1.165) is 51.4 Å². The quantitative estimate of drug-likeness (QED) is 0.0320. The minimum Gasteiger partial charge on any atom is -0.466 e. The number of hydrogen-bond acceptors (Lipinski definition) is 5. The molecule has 0 bridgehead atoms. The van der Waals surface area contributed by atoms with E-state index in [1.165, 1.54) is 289 Å². The highest BCUT2D eigenvalue weighted by atomic mass is 16.5. The van der Waals surface area contributed by atoms with E-state index in [2.05, 4.69) is 43.5 Å². The van der Waals surface area contributed by atoms with Gasteiger partial charge in [-0.2, -0.15) is 0 Å². The number of rotatable bonds is 63. The van der Waals surface area contributed by atoms with Gasteiger partial charge >= 0.3 is 5.97 Å². The zero-order chi connectivity index (χ0) is 54.3. The van der Waals surface area contributed by atoms with Crippen LogP contribution >= 0.6 is 0 Å². The van der Waals surface area contributed by atoms with Crippen LogP contribution in [-0.4, -0.2) is 47.4 Å². The van der Waals surface area contributed by atoms with Gasteiger partial charge in [0.1, 0.15) is 0 Å². The van der Waals surface area contributed by atoms with Crippen molar-refractivity contribution in [2.75, 3.05) is 13.2 Å². The van der Waals surface area contributed by atoms with Gasteiger partial charge in [0.05, 0.1) is 25.4 Å². The number of unbranched alkanes of at least 4 members (excludes halogenated alkanes) is 48. The minimum atomic E-state index is -0.850. The van der Waals surface area contributed by atoms with Crippen molar-refractivity contribution in [2.45, 2.75) is 379 Å². The fourth-order valence-corrected chi connectivity index (χ4v) is 10.4. The molecule has 0 aromatic heterocycles. The Morgan fingerprint density at radius 1 is 0.360 bits per heavy atom. The first-order valence-electron chi connectivity index (χ1n) is 33.8. The van der Waals surface area contributed by atoms with Crippen LogP contribution in [0.3, 0.4) is 0 Å². The van der Waals surface area contributed by atoms with E-state index in [-0.39, 0.29) is 18.5 Å². The molecule has 0 heterocycles. The molecular weight excluding hydrogens is 923 g/mol. The summed E-state index contributed by atoms with van der Waals surface area (Å²) in [6.45, 7) is 4.92. The standard InChI is InChI=1S/C69H131NO5/c1-3-5-7-9-11-13-15-17-19-21-26-30-33-37-41-45-49-53-57-61-67(72)66(65-71)70-68(73)62-58-54-50-46-42-38-34-31-27-24-22-23-25-28-32-36-40-44-48-52-56-60-64-75-69(74)63-59-55-51-47-43-39-35-29-20-18-16-14-12-10-8-6-4-2/h18,20,24,27,57,61,66-67,71-72H,3-17,19,21-23,25-26,28-56,58-60,62-65H2,1-2H3,(H,70,73)/b20-18-,27-24-,61-57+. The first kappa shape index (κ1) is 73.1. The van der Waals surface area contributed by atoms with Crippen molar-refractivity contribution >= 4 is 11.9 Å². The summed E-state index contributed by atoms with van der Waals surface area (Å²) in [5.74, 6) is -0.0659. The van der Waals surface area contributed by atoms with E-state index in [4.69, 9.17) is 4.74 Å². The average Bonchev–Trinajstić information content (AvgIpc) is 3.41. The Kier molecular flexibility index (Phi) is 63.0. The molecule has 0 aromatic rings. The largest absolute Gasteiger partial charge is 0.466 e. The van der Waals surface area contributed by atoms with Gasteiger partial charge in [0.2, 0.25) is 5.91 Å². The lowest BCUT2D eigenvalue weighted by atomic mass is 10.0. The molecule has 442 valence electrons. The Morgan fingerprint density at radius 3 is 0.947 bits per heavy atom. The van der Waals surface area contributed by atoms with E-state index in [9.17, 15) is 19.8 Å². The third-order valence-corrected chi connectivity index (χ3v) is 15.6. The summed E-state index contributed by atoms with van der Waals surface area (Å²) in [7, 11) is 0. The summed E-state index contributed by atoms with van der Waals surface area (Å²) in [6, 6.07) is -0.634. The van der Waals surface area contributed by atoms with Crippen LogP contribution in [0.2, 0.25) is 0 Å². The molecule has 0 saturated carbocycles. The maximum absolute atomic E-state index is 12.5. The summed E-state index contributed by atoms with van der Waals surface area (Å²) in [5.41, 5.74) is 0. The normalized spacial score (nSPS) is 12.7. The van der Waals surface area contributed by atoms with Gasteiger partial charge in [-0.15, -0.1) is 0 Å².